The molecule has 0 spiro atoms. The lowest BCUT2D eigenvalue weighted by Gasteiger charge is -2.39. The molecule has 2 rings (SSSR count). The van der Waals surface area contributed by atoms with Crippen molar-refractivity contribution < 1.29 is 9.90 Å². The molecule has 1 heterocycles. The van der Waals surface area contributed by atoms with E-state index in [1.165, 1.54) is 0 Å². The van der Waals surface area contributed by atoms with E-state index >= 15 is 0 Å². The number of imidazole rings is 1. The maximum atomic E-state index is 11.4. The second-order valence-corrected chi connectivity index (χ2v) is 6.27. The molecule has 18 heavy (non-hydrogen) atoms. The Bertz CT molecular complexity index is 437. The molecule has 0 aliphatic heterocycles. The lowest BCUT2D eigenvalue weighted by molar-refractivity contribution is -0.146. The second kappa shape index (κ2) is 4.75. The predicted octanol–water partition coefficient (Wildman–Crippen LogP) is 2.49. The lowest BCUT2D eigenvalue weighted by atomic mass is 9.66. The number of carboxylic acid groups (broad SMARTS) is 1. The van der Waals surface area contributed by atoms with Crippen molar-refractivity contribution in [3.8, 4) is 0 Å². The third kappa shape index (κ3) is 2.74. The predicted molar refractivity (Wildman–Crippen MR) is 69.2 cm³/mol. The third-order valence-corrected chi connectivity index (χ3v) is 4.20. The monoisotopic (exact) mass is 250 g/mol. The van der Waals surface area contributed by atoms with Gasteiger partial charge in [0.1, 0.15) is 5.82 Å². The molecule has 1 aliphatic rings. The normalized spacial score (nSPS) is 27.1. The minimum Gasteiger partial charge on any atom is -0.481 e. The molecule has 1 saturated carbocycles. The minimum atomic E-state index is -0.648. The standard InChI is InChI=1S/C14H22N2O2/c1-14(2)5-4-11(13(17)18)10(9-14)8-12-15-6-7-16(12)3/h6-7,10-11H,4-5,8-9H2,1-3H3,(H,17,18). The molecule has 4 nitrogen and oxygen atoms in total. The average molecular weight is 250 g/mol. The summed E-state index contributed by atoms with van der Waals surface area (Å²) in [6.07, 6.45) is 7.22. The van der Waals surface area contributed by atoms with Gasteiger partial charge in [-0.15, -0.1) is 0 Å². The molecule has 100 valence electrons. The van der Waals surface area contributed by atoms with Gasteiger partial charge in [0.2, 0.25) is 0 Å². The van der Waals surface area contributed by atoms with Gasteiger partial charge in [-0.25, -0.2) is 4.98 Å². The van der Waals surface area contributed by atoms with Crippen LogP contribution < -0.4 is 0 Å². The summed E-state index contributed by atoms with van der Waals surface area (Å²) >= 11 is 0. The Labute approximate surface area is 108 Å². The summed E-state index contributed by atoms with van der Waals surface area (Å²) in [5.74, 6) is 0.329. The van der Waals surface area contributed by atoms with Gasteiger partial charge in [0, 0.05) is 25.9 Å². The summed E-state index contributed by atoms with van der Waals surface area (Å²) in [5.41, 5.74) is 0.252. The zero-order valence-electron chi connectivity index (χ0n) is 11.4. The molecule has 0 bridgehead atoms. The van der Waals surface area contributed by atoms with Crippen LogP contribution in [0, 0.1) is 17.3 Å². The fraction of sp³-hybridized carbons (Fsp3) is 0.714. The van der Waals surface area contributed by atoms with E-state index in [2.05, 4.69) is 18.8 Å². The number of carboxylic acids is 1. The Balaban J connectivity index is 2.15. The average Bonchev–Trinajstić information content (AvgIpc) is 2.62. The quantitative estimate of drug-likeness (QED) is 0.896. The van der Waals surface area contributed by atoms with Crippen molar-refractivity contribution in [3.63, 3.8) is 0 Å². The van der Waals surface area contributed by atoms with Crippen molar-refractivity contribution in [3.05, 3.63) is 18.2 Å². The van der Waals surface area contributed by atoms with Gasteiger partial charge in [-0.2, -0.15) is 0 Å². The minimum absolute atomic E-state index is 0.201. The van der Waals surface area contributed by atoms with Crippen molar-refractivity contribution in [2.45, 2.75) is 39.5 Å². The van der Waals surface area contributed by atoms with Crippen molar-refractivity contribution in [2.75, 3.05) is 0 Å². The molecular formula is C14H22N2O2. The van der Waals surface area contributed by atoms with Gasteiger partial charge in [0.25, 0.3) is 0 Å². The molecule has 1 aromatic rings. The first-order valence-electron chi connectivity index (χ1n) is 6.58. The van der Waals surface area contributed by atoms with Crippen LogP contribution in [0.25, 0.3) is 0 Å². The molecule has 1 aromatic heterocycles. The third-order valence-electron chi connectivity index (χ3n) is 4.20. The van der Waals surface area contributed by atoms with Crippen LogP contribution in [0.4, 0.5) is 0 Å². The van der Waals surface area contributed by atoms with Crippen LogP contribution in [0.5, 0.6) is 0 Å². The van der Waals surface area contributed by atoms with E-state index in [0.29, 0.717) is 0 Å². The summed E-state index contributed by atoms with van der Waals surface area (Å²) in [7, 11) is 1.96. The van der Waals surface area contributed by atoms with Gasteiger partial charge in [-0.3, -0.25) is 4.79 Å². The molecule has 1 aliphatic carbocycles. The van der Waals surface area contributed by atoms with Gasteiger partial charge in [0.15, 0.2) is 0 Å². The van der Waals surface area contributed by atoms with Crippen LogP contribution in [-0.4, -0.2) is 20.6 Å². The summed E-state index contributed by atoms with van der Waals surface area (Å²) in [4.78, 5) is 15.7. The molecule has 2 atom stereocenters. The van der Waals surface area contributed by atoms with Gasteiger partial charge in [-0.1, -0.05) is 13.8 Å². The highest BCUT2D eigenvalue weighted by Gasteiger charge is 2.38. The van der Waals surface area contributed by atoms with Crippen LogP contribution in [-0.2, 0) is 18.3 Å². The van der Waals surface area contributed by atoms with Crippen molar-refractivity contribution in [1.82, 2.24) is 9.55 Å². The maximum Gasteiger partial charge on any atom is 0.306 e. The highest BCUT2D eigenvalue weighted by Crippen LogP contribution is 2.43. The molecule has 1 N–H and O–H groups in total. The summed E-state index contributed by atoms with van der Waals surface area (Å²) in [6.45, 7) is 4.47. The van der Waals surface area contributed by atoms with Crippen molar-refractivity contribution in [1.29, 1.82) is 0 Å². The topological polar surface area (TPSA) is 55.1 Å². The Morgan fingerprint density at radius 1 is 1.61 bits per heavy atom. The maximum absolute atomic E-state index is 11.4. The van der Waals surface area contributed by atoms with Crippen LogP contribution in [0.2, 0.25) is 0 Å². The number of carbonyl (C=O) groups is 1. The highest BCUT2D eigenvalue weighted by molar-refractivity contribution is 5.70. The first-order chi connectivity index (χ1) is 8.39. The second-order valence-electron chi connectivity index (χ2n) is 6.27. The fourth-order valence-electron chi connectivity index (χ4n) is 3.10. The Kier molecular flexibility index (Phi) is 3.46. The summed E-state index contributed by atoms with van der Waals surface area (Å²) in [6, 6.07) is 0. The van der Waals surface area contributed by atoms with Crippen molar-refractivity contribution in [2.24, 2.45) is 24.3 Å². The van der Waals surface area contributed by atoms with E-state index in [9.17, 15) is 9.90 Å². The van der Waals surface area contributed by atoms with Gasteiger partial charge in [-0.05, 0) is 30.6 Å². The number of nitrogens with zero attached hydrogens (tertiary/aromatic N) is 2. The number of hydrogen-bond donors (Lipinski definition) is 1. The van der Waals surface area contributed by atoms with E-state index in [1.807, 2.05) is 17.8 Å². The first kappa shape index (κ1) is 13.1. The van der Waals surface area contributed by atoms with Crippen molar-refractivity contribution >= 4 is 5.97 Å². The van der Waals surface area contributed by atoms with E-state index in [4.69, 9.17) is 0 Å². The van der Waals surface area contributed by atoms with Gasteiger partial charge in [0.05, 0.1) is 5.92 Å². The number of aliphatic carboxylic acids is 1. The number of rotatable bonds is 3. The zero-order valence-corrected chi connectivity index (χ0v) is 11.4. The largest absolute Gasteiger partial charge is 0.481 e. The zero-order chi connectivity index (χ0) is 13.3. The van der Waals surface area contributed by atoms with E-state index in [1.54, 1.807) is 6.20 Å². The summed E-state index contributed by atoms with van der Waals surface area (Å²) < 4.78 is 1.99. The van der Waals surface area contributed by atoms with E-state index < -0.39 is 5.97 Å². The SMILES string of the molecule is Cn1ccnc1CC1CC(C)(C)CCC1C(=O)O. The van der Waals surface area contributed by atoms with Crippen LogP contribution >= 0.6 is 0 Å². The van der Waals surface area contributed by atoms with Gasteiger partial charge >= 0.3 is 5.97 Å². The fourth-order valence-corrected chi connectivity index (χ4v) is 3.10. The van der Waals surface area contributed by atoms with E-state index in [-0.39, 0.29) is 17.3 Å². The van der Waals surface area contributed by atoms with E-state index in [0.717, 1.165) is 31.5 Å². The molecule has 0 amide bonds. The lowest BCUT2D eigenvalue weighted by Crippen LogP contribution is -2.35. The van der Waals surface area contributed by atoms with Crippen LogP contribution in [0.3, 0.4) is 0 Å². The molecule has 0 saturated heterocycles. The Hall–Kier alpha value is -1.32. The Morgan fingerprint density at radius 3 is 2.89 bits per heavy atom. The van der Waals surface area contributed by atoms with Crippen LogP contribution in [0.1, 0.15) is 38.9 Å². The van der Waals surface area contributed by atoms with Gasteiger partial charge < -0.3 is 9.67 Å². The molecule has 0 aromatic carbocycles. The molecule has 2 unspecified atom stereocenters. The number of hydrogen-bond acceptors (Lipinski definition) is 2. The molecule has 1 fully saturated rings. The summed E-state index contributed by atoms with van der Waals surface area (Å²) in [5, 5.41) is 9.35. The van der Waals surface area contributed by atoms with Crippen LogP contribution in [0.15, 0.2) is 12.4 Å². The molecular weight excluding hydrogens is 228 g/mol. The number of aryl methyl sites for hydroxylation is 1. The highest BCUT2D eigenvalue weighted by atomic mass is 16.4. The Morgan fingerprint density at radius 2 is 2.33 bits per heavy atom. The molecule has 0 radical (unpaired) electrons. The smallest absolute Gasteiger partial charge is 0.306 e. The molecule has 4 heteroatoms. The number of aromatic nitrogens is 2. The first-order valence-corrected chi connectivity index (χ1v) is 6.58.